The number of rotatable bonds is 10. The lowest BCUT2D eigenvalue weighted by molar-refractivity contribution is -0.118. The standard InChI is InChI=1S/C29H36N8OS/c1-21-4-6-24(7-5-21)18-26-22(2)32-28-33-29(34-37(28)23(26)3)39-20-27(38)31-12-13-35-14-16-36(17-15-35)19-25-8-10-30-11-9-25/h4-11H,12-20H2,1-3H3,(H,31,38). The highest BCUT2D eigenvalue weighted by Crippen LogP contribution is 2.21. The summed E-state index contributed by atoms with van der Waals surface area (Å²) in [6.07, 6.45) is 4.49. The molecule has 1 fully saturated rings. The van der Waals surface area contributed by atoms with Crippen LogP contribution in [0.15, 0.2) is 53.9 Å². The summed E-state index contributed by atoms with van der Waals surface area (Å²) in [7, 11) is 0. The SMILES string of the molecule is Cc1ccc(Cc2c(C)nc3nc(SCC(=O)NCCN4CCN(Cc5ccncc5)CC4)nn3c2C)cc1. The summed E-state index contributed by atoms with van der Waals surface area (Å²) in [6.45, 7) is 12.7. The van der Waals surface area contributed by atoms with E-state index in [1.165, 1.54) is 28.5 Å². The van der Waals surface area contributed by atoms with Crippen LogP contribution in [-0.4, -0.2) is 85.3 Å². The number of carbonyl (C=O) groups excluding carboxylic acids is 1. The number of nitrogens with one attached hydrogen (secondary N) is 1. The molecule has 0 atom stereocenters. The molecule has 39 heavy (non-hydrogen) atoms. The first-order valence-electron chi connectivity index (χ1n) is 13.5. The first kappa shape index (κ1) is 27.2. The number of fused-ring (bicyclic) bond motifs is 1. The molecule has 0 bridgehead atoms. The molecule has 204 valence electrons. The zero-order valence-corrected chi connectivity index (χ0v) is 23.7. The van der Waals surface area contributed by atoms with E-state index in [2.05, 4.69) is 80.4 Å². The van der Waals surface area contributed by atoms with Crippen LogP contribution in [0, 0.1) is 20.8 Å². The van der Waals surface area contributed by atoms with Crippen LogP contribution in [0.25, 0.3) is 5.78 Å². The Hall–Kier alpha value is -3.34. The topological polar surface area (TPSA) is 91.5 Å². The number of carbonyl (C=O) groups is 1. The Morgan fingerprint density at radius 1 is 0.923 bits per heavy atom. The van der Waals surface area contributed by atoms with Crippen LogP contribution in [-0.2, 0) is 17.8 Å². The number of nitrogens with zero attached hydrogens (tertiary/aromatic N) is 7. The predicted molar refractivity (Wildman–Crippen MR) is 154 cm³/mol. The van der Waals surface area contributed by atoms with Crippen molar-refractivity contribution >= 4 is 23.4 Å². The van der Waals surface area contributed by atoms with Gasteiger partial charge in [0, 0.05) is 76.0 Å². The Bertz CT molecular complexity index is 1400. The maximum atomic E-state index is 12.5. The van der Waals surface area contributed by atoms with E-state index < -0.39 is 0 Å². The molecule has 0 saturated carbocycles. The summed E-state index contributed by atoms with van der Waals surface area (Å²) in [5, 5.41) is 8.26. The van der Waals surface area contributed by atoms with Crippen LogP contribution in [0.2, 0.25) is 0 Å². The van der Waals surface area contributed by atoms with E-state index in [0.717, 1.165) is 62.6 Å². The van der Waals surface area contributed by atoms with E-state index in [9.17, 15) is 4.79 Å². The Labute approximate surface area is 234 Å². The Kier molecular flexibility index (Phi) is 8.85. The minimum Gasteiger partial charge on any atom is -0.354 e. The number of thioether (sulfide) groups is 1. The molecular weight excluding hydrogens is 508 g/mol. The molecule has 1 saturated heterocycles. The van der Waals surface area contributed by atoms with Gasteiger partial charge in [-0.05, 0) is 49.6 Å². The summed E-state index contributed by atoms with van der Waals surface area (Å²) < 4.78 is 1.80. The number of amides is 1. The van der Waals surface area contributed by atoms with Crippen molar-refractivity contribution in [3.63, 3.8) is 0 Å². The quantitative estimate of drug-likeness (QED) is 0.305. The molecule has 1 aliphatic rings. The van der Waals surface area contributed by atoms with Gasteiger partial charge in [0.2, 0.25) is 11.1 Å². The van der Waals surface area contributed by atoms with Crippen molar-refractivity contribution in [1.82, 2.24) is 39.7 Å². The van der Waals surface area contributed by atoms with Crippen molar-refractivity contribution in [2.75, 3.05) is 45.0 Å². The van der Waals surface area contributed by atoms with Gasteiger partial charge in [-0.1, -0.05) is 41.6 Å². The van der Waals surface area contributed by atoms with Crippen molar-refractivity contribution in [3.8, 4) is 0 Å². The van der Waals surface area contributed by atoms with E-state index in [4.69, 9.17) is 4.98 Å². The molecule has 0 radical (unpaired) electrons. The van der Waals surface area contributed by atoms with Gasteiger partial charge in [-0.25, -0.2) is 9.50 Å². The van der Waals surface area contributed by atoms with E-state index in [1.807, 2.05) is 19.3 Å². The van der Waals surface area contributed by atoms with Crippen molar-refractivity contribution in [2.24, 2.45) is 0 Å². The van der Waals surface area contributed by atoms with Gasteiger partial charge < -0.3 is 5.32 Å². The van der Waals surface area contributed by atoms with Crippen molar-refractivity contribution < 1.29 is 4.79 Å². The maximum absolute atomic E-state index is 12.5. The molecule has 1 aromatic carbocycles. The molecule has 0 spiro atoms. The largest absolute Gasteiger partial charge is 0.354 e. The van der Waals surface area contributed by atoms with Gasteiger partial charge in [0.25, 0.3) is 5.78 Å². The number of benzene rings is 1. The Balaban J connectivity index is 1.07. The molecule has 5 rings (SSSR count). The zero-order chi connectivity index (χ0) is 27.2. The number of aromatic nitrogens is 5. The van der Waals surface area contributed by atoms with E-state index >= 15 is 0 Å². The first-order chi connectivity index (χ1) is 18.9. The molecule has 0 unspecified atom stereocenters. The van der Waals surface area contributed by atoms with Crippen LogP contribution in [0.5, 0.6) is 0 Å². The van der Waals surface area contributed by atoms with Crippen LogP contribution >= 0.6 is 11.8 Å². The fourth-order valence-electron chi connectivity index (χ4n) is 4.87. The van der Waals surface area contributed by atoms with Crippen molar-refractivity contribution in [3.05, 3.63) is 82.4 Å². The molecule has 4 heterocycles. The minimum atomic E-state index is -0.00361. The van der Waals surface area contributed by atoms with Crippen LogP contribution in [0.4, 0.5) is 0 Å². The molecule has 1 amide bonds. The van der Waals surface area contributed by atoms with Gasteiger partial charge in [-0.2, -0.15) is 4.98 Å². The molecule has 9 nitrogen and oxygen atoms in total. The lowest BCUT2D eigenvalue weighted by Crippen LogP contribution is -2.48. The van der Waals surface area contributed by atoms with E-state index in [0.29, 0.717) is 17.5 Å². The first-order valence-corrected chi connectivity index (χ1v) is 14.4. The van der Waals surface area contributed by atoms with Gasteiger partial charge in [0.15, 0.2) is 0 Å². The molecule has 0 aliphatic carbocycles. The summed E-state index contributed by atoms with van der Waals surface area (Å²) in [5.41, 5.74) is 6.93. The fraction of sp³-hybridized carbons (Fsp3) is 0.414. The number of pyridine rings is 1. The molecule has 10 heteroatoms. The second kappa shape index (κ2) is 12.7. The Morgan fingerprint density at radius 3 is 2.38 bits per heavy atom. The zero-order valence-electron chi connectivity index (χ0n) is 22.9. The average molecular weight is 545 g/mol. The number of hydrogen-bond donors (Lipinski definition) is 1. The molecule has 3 aromatic heterocycles. The van der Waals surface area contributed by atoms with Crippen LogP contribution in [0.1, 0.15) is 33.6 Å². The lowest BCUT2D eigenvalue weighted by atomic mass is 10.0. The van der Waals surface area contributed by atoms with Crippen LogP contribution in [0.3, 0.4) is 0 Å². The highest BCUT2D eigenvalue weighted by atomic mass is 32.2. The monoisotopic (exact) mass is 544 g/mol. The van der Waals surface area contributed by atoms with E-state index in [-0.39, 0.29) is 11.7 Å². The van der Waals surface area contributed by atoms with Gasteiger partial charge in [0.1, 0.15) is 0 Å². The third kappa shape index (κ3) is 7.20. The highest BCUT2D eigenvalue weighted by molar-refractivity contribution is 7.99. The van der Waals surface area contributed by atoms with Crippen LogP contribution < -0.4 is 5.32 Å². The van der Waals surface area contributed by atoms with Gasteiger partial charge in [-0.3, -0.25) is 19.6 Å². The molecular formula is C29H36N8OS. The smallest absolute Gasteiger partial charge is 0.253 e. The maximum Gasteiger partial charge on any atom is 0.253 e. The van der Waals surface area contributed by atoms with Crippen molar-refractivity contribution in [1.29, 1.82) is 0 Å². The van der Waals surface area contributed by atoms with Gasteiger partial charge >= 0.3 is 0 Å². The molecule has 1 aliphatic heterocycles. The number of hydrogen-bond acceptors (Lipinski definition) is 8. The summed E-state index contributed by atoms with van der Waals surface area (Å²) >= 11 is 1.35. The molecule has 4 aromatic rings. The fourth-order valence-corrected chi connectivity index (χ4v) is 5.52. The second-order valence-corrected chi connectivity index (χ2v) is 11.1. The van der Waals surface area contributed by atoms with Gasteiger partial charge in [0.05, 0.1) is 5.75 Å². The minimum absolute atomic E-state index is 0.00361. The Morgan fingerprint density at radius 2 is 1.64 bits per heavy atom. The highest BCUT2D eigenvalue weighted by Gasteiger charge is 2.18. The van der Waals surface area contributed by atoms with E-state index in [1.54, 1.807) is 4.52 Å². The molecule has 1 N–H and O–H groups in total. The summed E-state index contributed by atoms with van der Waals surface area (Å²) in [4.78, 5) is 30.7. The summed E-state index contributed by atoms with van der Waals surface area (Å²) in [5.74, 6) is 0.852. The average Bonchev–Trinajstić information content (AvgIpc) is 3.35. The van der Waals surface area contributed by atoms with Gasteiger partial charge in [-0.15, -0.1) is 5.10 Å². The van der Waals surface area contributed by atoms with Crippen molar-refractivity contribution in [2.45, 2.75) is 38.9 Å². The number of aryl methyl sites for hydroxylation is 3. The third-order valence-electron chi connectivity index (χ3n) is 7.23. The lowest BCUT2D eigenvalue weighted by Gasteiger charge is -2.34. The summed E-state index contributed by atoms with van der Waals surface area (Å²) in [6, 6.07) is 12.7. The number of piperazine rings is 1. The normalized spacial score (nSPS) is 14.6. The second-order valence-electron chi connectivity index (χ2n) is 10.1. The third-order valence-corrected chi connectivity index (χ3v) is 8.07. The predicted octanol–water partition coefficient (Wildman–Crippen LogP) is 3.06.